The summed E-state index contributed by atoms with van der Waals surface area (Å²) in [5, 5.41) is 0. The van der Waals surface area contributed by atoms with Crippen LogP contribution in [0.4, 0.5) is 8.78 Å². The summed E-state index contributed by atoms with van der Waals surface area (Å²) in [6.45, 7) is 2.37. The molecule has 0 saturated carbocycles. The molecule has 0 unspecified atom stereocenters. The van der Waals surface area contributed by atoms with E-state index < -0.39 is 11.6 Å². The molecule has 0 saturated heterocycles. The lowest BCUT2D eigenvalue weighted by Gasteiger charge is -2.10. The molecule has 0 N–H and O–H groups in total. The first-order valence-electron chi connectivity index (χ1n) is 6.39. The largest absolute Gasteiger partial charge is 0.322 e. The summed E-state index contributed by atoms with van der Waals surface area (Å²) in [6, 6.07) is 3.97. The topological polar surface area (TPSA) is 30.7 Å². The van der Waals surface area contributed by atoms with Crippen LogP contribution >= 0.6 is 11.6 Å². The summed E-state index contributed by atoms with van der Waals surface area (Å²) < 4.78 is 29.0. The fourth-order valence-corrected chi connectivity index (χ4v) is 2.53. The van der Waals surface area contributed by atoms with Gasteiger partial charge in [0.15, 0.2) is 5.82 Å². The Morgan fingerprint density at radius 1 is 1.29 bits per heavy atom. The van der Waals surface area contributed by atoms with Gasteiger partial charge in [0.05, 0.1) is 11.4 Å². The number of pyridine rings is 1. The van der Waals surface area contributed by atoms with Gasteiger partial charge in [0.25, 0.3) is 0 Å². The number of imidazole rings is 1. The number of rotatable bonds is 3. The first-order valence-corrected chi connectivity index (χ1v) is 6.93. The van der Waals surface area contributed by atoms with Crippen molar-refractivity contribution >= 4 is 22.6 Å². The number of nitrogens with zero attached hydrogens (tertiary/aromatic N) is 3. The van der Waals surface area contributed by atoms with Gasteiger partial charge in [-0.1, -0.05) is 0 Å². The highest BCUT2D eigenvalue weighted by Gasteiger charge is 2.15. The van der Waals surface area contributed by atoms with E-state index in [-0.39, 0.29) is 11.4 Å². The van der Waals surface area contributed by atoms with Crippen molar-refractivity contribution in [1.29, 1.82) is 0 Å². The molecule has 0 bridgehead atoms. The molecular weight excluding hydrogens is 296 g/mol. The Balaban J connectivity index is 2.19. The van der Waals surface area contributed by atoms with E-state index >= 15 is 0 Å². The Kier molecular flexibility index (Phi) is 3.59. The Bertz CT molecular complexity index is 814. The fourth-order valence-electron chi connectivity index (χ4n) is 2.33. The van der Waals surface area contributed by atoms with Crippen LogP contribution in [0.15, 0.2) is 30.6 Å². The van der Waals surface area contributed by atoms with E-state index in [0.29, 0.717) is 17.9 Å². The van der Waals surface area contributed by atoms with Crippen LogP contribution < -0.4 is 0 Å². The van der Waals surface area contributed by atoms with E-state index in [1.165, 1.54) is 6.07 Å². The van der Waals surface area contributed by atoms with Crippen molar-refractivity contribution in [1.82, 2.24) is 14.5 Å². The zero-order chi connectivity index (χ0) is 15.0. The molecule has 3 nitrogen and oxygen atoms in total. The molecule has 3 rings (SSSR count). The van der Waals surface area contributed by atoms with Crippen molar-refractivity contribution in [3.8, 4) is 0 Å². The van der Waals surface area contributed by atoms with E-state index in [0.717, 1.165) is 17.2 Å². The minimum atomic E-state index is -0.679. The standard InChI is InChI=1S/C15H12ClF2N3/c1-9-7-19-3-2-10(9)8-21-13-5-11(17)4-12(18)15(13)20-14(21)6-16/h2-5,7H,6,8H2,1H3. The van der Waals surface area contributed by atoms with Crippen LogP contribution in [0.2, 0.25) is 0 Å². The molecule has 1 aromatic carbocycles. The van der Waals surface area contributed by atoms with Crippen LogP contribution in [0, 0.1) is 18.6 Å². The highest BCUT2D eigenvalue weighted by molar-refractivity contribution is 6.16. The van der Waals surface area contributed by atoms with Gasteiger partial charge in [-0.15, -0.1) is 11.6 Å². The maximum absolute atomic E-state index is 13.8. The van der Waals surface area contributed by atoms with Gasteiger partial charge in [0.2, 0.25) is 0 Å². The molecule has 0 aliphatic heterocycles. The second-order valence-electron chi connectivity index (χ2n) is 4.81. The van der Waals surface area contributed by atoms with Gasteiger partial charge < -0.3 is 4.57 Å². The van der Waals surface area contributed by atoms with Crippen molar-refractivity contribution in [2.75, 3.05) is 0 Å². The molecule has 0 atom stereocenters. The average Bonchev–Trinajstić information content (AvgIpc) is 2.80. The first-order chi connectivity index (χ1) is 10.1. The number of aryl methyl sites for hydroxylation is 1. The summed E-state index contributed by atoms with van der Waals surface area (Å²) in [4.78, 5) is 8.21. The quantitative estimate of drug-likeness (QED) is 0.689. The lowest BCUT2D eigenvalue weighted by atomic mass is 10.1. The van der Waals surface area contributed by atoms with Gasteiger partial charge in [-0.25, -0.2) is 13.8 Å². The molecule has 0 fully saturated rings. The Labute approximate surface area is 125 Å². The van der Waals surface area contributed by atoms with Crippen LogP contribution in [0.1, 0.15) is 17.0 Å². The van der Waals surface area contributed by atoms with Crippen molar-refractivity contribution in [3.63, 3.8) is 0 Å². The summed E-state index contributed by atoms with van der Waals surface area (Å²) in [7, 11) is 0. The molecule has 3 aromatic rings. The minimum Gasteiger partial charge on any atom is -0.322 e. The Hall–Kier alpha value is -2.01. The van der Waals surface area contributed by atoms with E-state index in [1.807, 2.05) is 13.0 Å². The summed E-state index contributed by atoms with van der Waals surface area (Å²) in [5.41, 5.74) is 2.54. The maximum Gasteiger partial charge on any atom is 0.153 e. The minimum absolute atomic E-state index is 0.125. The Morgan fingerprint density at radius 3 is 2.81 bits per heavy atom. The lowest BCUT2D eigenvalue weighted by molar-refractivity contribution is 0.590. The molecule has 2 heterocycles. The zero-order valence-corrected chi connectivity index (χ0v) is 12.0. The molecular formula is C15H12ClF2N3. The highest BCUT2D eigenvalue weighted by Crippen LogP contribution is 2.23. The van der Waals surface area contributed by atoms with Crippen LogP contribution in [-0.4, -0.2) is 14.5 Å². The predicted molar refractivity (Wildman–Crippen MR) is 77.3 cm³/mol. The molecule has 2 aromatic heterocycles. The first kappa shape index (κ1) is 13.9. The third kappa shape index (κ3) is 2.49. The zero-order valence-electron chi connectivity index (χ0n) is 11.3. The SMILES string of the molecule is Cc1cnccc1Cn1c(CCl)nc2c(F)cc(F)cc21. The van der Waals surface area contributed by atoms with Crippen molar-refractivity contribution < 1.29 is 8.78 Å². The summed E-state index contributed by atoms with van der Waals surface area (Å²) >= 11 is 5.89. The normalized spacial score (nSPS) is 11.2. The number of fused-ring (bicyclic) bond motifs is 1. The predicted octanol–water partition coefficient (Wildman–Crippen LogP) is 3.81. The third-order valence-corrected chi connectivity index (χ3v) is 3.67. The molecule has 21 heavy (non-hydrogen) atoms. The Morgan fingerprint density at radius 2 is 2.10 bits per heavy atom. The number of alkyl halides is 1. The van der Waals surface area contributed by atoms with Gasteiger partial charge in [0.1, 0.15) is 17.2 Å². The third-order valence-electron chi connectivity index (χ3n) is 3.44. The molecule has 0 aliphatic carbocycles. The lowest BCUT2D eigenvalue weighted by Crippen LogP contribution is -2.05. The van der Waals surface area contributed by atoms with E-state index in [4.69, 9.17) is 11.6 Å². The summed E-state index contributed by atoms with van der Waals surface area (Å²) in [5.74, 6) is -0.678. The average molecular weight is 308 g/mol. The highest BCUT2D eigenvalue weighted by atomic mass is 35.5. The van der Waals surface area contributed by atoms with Crippen LogP contribution in [0.25, 0.3) is 11.0 Å². The smallest absolute Gasteiger partial charge is 0.153 e. The van der Waals surface area contributed by atoms with E-state index in [9.17, 15) is 8.78 Å². The van der Waals surface area contributed by atoms with Crippen molar-refractivity contribution in [2.24, 2.45) is 0 Å². The number of hydrogen-bond donors (Lipinski definition) is 0. The second-order valence-corrected chi connectivity index (χ2v) is 5.07. The monoisotopic (exact) mass is 307 g/mol. The van der Waals surface area contributed by atoms with E-state index in [2.05, 4.69) is 9.97 Å². The van der Waals surface area contributed by atoms with Crippen LogP contribution in [0.5, 0.6) is 0 Å². The fraction of sp³-hybridized carbons (Fsp3) is 0.200. The molecule has 0 amide bonds. The molecule has 0 aliphatic rings. The van der Waals surface area contributed by atoms with Gasteiger partial charge in [-0.3, -0.25) is 4.98 Å². The van der Waals surface area contributed by atoms with Crippen LogP contribution in [0.3, 0.4) is 0 Å². The number of benzene rings is 1. The molecule has 6 heteroatoms. The molecule has 0 spiro atoms. The van der Waals surface area contributed by atoms with E-state index in [1.54, 1.807) is 17.0 Å². The van der Waals surface area contributed by atoms with Gasteiger partial charge in [-0.05, 0) is 30.2 Å². The number of halogens is 3. The maximum atomic E-state index is 13.8. The molecule has 0 radical (unpaired) electrons. The van der Waals surface area contributed by atoms with Gasteiger partial charge in [0, 0.05) is 25.0 Å². The van der Waals surface area contributed by atoms with Crippen LogP contribution in [-0.2, 0) is 12.4 Å². The van der Waals surface area contributed by atoms with Gasteiger partial charge >= 0.3 is 0 Å². The van der Waals surface area contributed by atoms with Crippen molar-refractivity contribution in [3.05, 3.63) is 59.2 Å². The number of hydrogen-bond acceptors (Lipinski definition) is 2. The van der Waals surface area contributed by atoms with Crippen molar-refractivity contribution in [2.45, 2.75) is 19.3 Å². The second kappa shape index (κ2) is 5.41. The molecule has 108 valence electrons. The number of aromatic nitrogens is 3. The van der Waals surface area contributed by atoms with Gasteiger partial charge in [-0.2, -0.15) is 0 Å². The summed E-state index contributed by atoms with van der Waals surface area (Å²) in [6.07, 6.45) is 3.43.